The van der Waals surface area contributed by atoms with Gasteiger partial charge in [-0.05, 0) is 13.0 Å². The third-order valence-electron chi connectivity index (χ3n) is 2.47. The van der Waals surface area contributed by atoms with Crippen LogP contribution in [-0.2, 0) is 12.7 Å². The van der Waals surface area contributed by atoms with Gasteiger partial charge in [-0.1, -0.05) is 0 Å². The minimum atomic E-state index is -5.17. The summed E-state index contributed by atoms with van der Waals surface area (Å²) in [6.45, 7) is -0.601. The number of aryl methyl sites for hydroxylation is 1. The predicted octanol–water partition coefficient (Wildman–Crippen LogP) is 2.61. The molecule has 2 heterocycles. The maximum Gasteiger partial charge on any atom is 0.449 e. The summed E-state index contributed by atoms with van der Waals surface area (Å²) in [4.78, 5) is 17.3. The van der Waals surface area contributed by atoms with Crippen molar-refractivity contribution in [3.63, 3.8) is 0 Å². The highest BCUT2D eigenvalue weighted by molar-refractivity contribution is 5.75. The van der Waals surface area contributed by atoms with Crippen molar-refractivity contribution in [2.45, 2.75) is 25.8 Å². The van der Waals surface area contributed by atoms with Crippen molar-refractivity contribution in [3.8, 4) is 0 Å². The van der Waals surface area contributed by atoms with Crippen molar-refractivity contribution in [3.05, 3.63) is 27.9 Å². The lowest BCUT2D eigenvalue weighted by Crippen LogP contribution is -2.34. The Morgan fingerprint density at radius 3 is 2.35 bits per heavy atom. The van der Waals surface area contributed by atoms with Crippen LogP contribution in [-0.4, -0.2) is 20.7 Å². The molecule has 0 radical (unpaired) electrons. The fourth-order valence-corrected chi connectivity index (χ4v) is 1.78. The lowest BCUT2D eigenvalue weighted by Gasteiger charge is -2.15. The molecule has 0 spiro atoms. The molecule has 4 nitrogen and oxygen atoms in total. The molecule has 0 saturated heterocycles. The van der Waals surface area contributed by atoms with Gasteiger partial charge in [-0.25, -0.2) is 4.98 Å². The number of nitrogens with one attached hydrogen (secondary N) is 1. The number of hydrogen-bond acceptors (Lipinski definition) is 2. The molecule has 110 valence electrons. The summed E-state index contributed by atoms with van der Waals surface area (Å²) >= 11 is 0. The van der Waals surface area contributed by atoms with Crippen LogP contribution in [0.15, 0.2) is 10.9 Å². The first-order valence-electron chi connectivity index (χ1n) is 5.23. The Bertz CT molecular complexity index is 709. The first-order valence-corrected chi connectivity index (χ1v) is 5.23. The maximum atomic E-state index is 12.7. The zero-order valence-corrected chi connectivity index (χ0v) is 9.85. The molecule has 0 aliphatic rings. The van der Waals surface area contributed by atoms with Crippen molar-refractivity contribution in [1.29, 1.82) is 0 Å². The van der Waals surface area contributed by atoms with Gasteiger partial charge < -0.3 is 4.98 Å². The number of H-pyrrole nitrogens is 1. The van der Waals surface area contributed by atoms with Gasteiger partial charge in [-0.3, -0.25) is 9.36 Å². The van der Waals surface area contributed by atoms with Gasteiger partial charge in [0.15, 0.2) is 0 Å². The lowest BCUT2D eigenvalue weighted by atomic mass is 10.3. The second-order valence-corrected chi connectivity index (χ2v) is 4.15. The highest BCUT2D eigenvalue weighted by Gasteiger charge is 2.40. The van der Waals surface area contributed by atoms with Gasteiger partial charge in [-0.15, -0.1) is 0 Å². The summed E-state index contributed by atoms with van der Waals surface area (Å²) in [5.74, 6) is -1.88. The second kappa shape index (κ2) is 4.25. The molecule has 2 aromatic rings. The first kappa shape index (κ1) is 14.4. The van der Waals surface area contributed by atoms with Crippen molar-refractivity contribution in [2.24, 2.45) is 0 Å². The highest BCUT2D eigenvalue weighted by atomic mass is 19.4. The summed E-state index contributed by atoms with van der Waals surface area (Å²) in [6, 6.07) is 1.15. The number of nitrogens with zero attached hydrogens (tertiary/aromatic N) is 2. The number of aromatic amines is 1. The molecule has 0 fully saturated rings. The molecule has 0 aliphatic carbocycles. The molecule has 0 aliphatic heterocycles. The average molecular weight is 299 g/mol. The van der Waals surface area contributed by atoms with Crippen molar-refractivity contribution >= 4 is 11.0 Å². The van der Waals surface area contributed by atoms with E-state index >= 15 is 0 Å². The van der Waals surface area contributed by atoms with Crippen molar-refractivity contribution < 1.29 is 26.3 Å². The highest BCUT2D eigenvalue weighted by Crippen LogP contribution is 2.29. The van der Waals surface area contributed by atoms with E-state index in [4.69, 9.17) is 0 Å². The van der Waals surface area contributed by atoms with E-state index in [-0.39, 0.29) is 5.39 Å². The Labute approximate surface area is 107 Å². The van der Waals surface area contributed by atoms with Crippen LogP contribution in [0, 0.1) is 6.92 Å². The number of halogens is 6. The Kier molecular flexibility index (Phi) is 3.06. The molecule has 0 amide bonds. The fraction of sp³-hybridized carbons (Fsp3) is 0.400. The van der Waals surface area contributed by atoms with Crippen LogP contribution in [0.5, 0.6) is 0 Å². The lowest BCUT2D eigenvalue weighted by molar-refractivity contribution is -0.162. The van der Waals surface area contributed by atoms with Crippen LogP contribution in [0.25, 0.3) is 11.0 Å². The smallest absolute Gasteiger partial charge is 0.343 e. The zero-order valence-electron chi connectivity index (χ0n) is 9.85. The second-order valence-electron chi connectivity index (χ2n) is 4.15. The molecule has 0 aromatic carbocycles. The summed E-state index contributed by atoms with van der Waals surface area (Å²) in [7, 11) is 0. The third kappa shape index (κ3) is 2.63. The number of hydrogen-bond donors (Lipinski definition) is 1. The van der Waals surface area contributed by atoms with Crippen LogP contribution in [0.3, 0.4) is 0 Å². The zero-order chi connectivity index (χ0) is 15.3. The van der Waals surface area contributed by atoms with Gasteiger partial charge in [0, 0.05) is 5.69 Å². The minimum Gasteiger partial charge on any atom is -0.343 e. The van der Waals surface area contributed by atoms with E-state index in [1.54, 1.807) is 0 Å². The van der Waals surface area contributed by atoms with E-state index in [0.29, 0.717) is 5.69 Å². The van der Waals surface area contributed by atoms with Crippen LogP contribution in [0.2, 0.25) is 0 Å². The summed E-state index contributed by atoms with van der Waals surface area (Å²) in [5, 5.41) is -0.320. The van der Waals surface area contributed by atoms with Crippen LogP contribution < -0.4 is 5.56 Å². The van der Waals surface area contributed by atoms with E-state index in [0.717, 1.165) is 6.07 Å². The molecule has 20 heavy (non-hydrogen) atoms. The molecule has 2 aromatic heterocycles. The number of fused-ring (bicyclic) bond motifs is 1. The van der Waals surface area contributed by atoms with E-state index in [9.17, 15) is 31.1 Å². The van der Waals surface area contributed by atoms with Gasteiger partial charge in [0.05, 0.1) is 5.39 Å². The van der Waals surface area contributed by atoms with E-state index in [2.05, 4.69) is 9.97 Å². The summed E-state index contributed by atoms with van der Waals surface area (Å²) in [6.07, 6.45) is -10.1. The first-order chi connectivity index (χ1) is 8.99. The Morgan fingerprint density at radius 1 is 1.25 bits per heavy atom. The Morgan fingerprint density at radius 2 is 1.85 bits per heavy atom. The SMILES string of the molecule is Cc1cc2c(=O)n(CC(F)(F)F)c(C(F)(F)F)nc2[nH]1. The third-order valence-corrected chi connectivity index (χ3v) is 2.47. The number of alkyl halides is 6. The Balaban J connectivity index is 2.80. The molecule has 10 heteroatoms. The van der Waals surface area contributed by atoms with Gasteiger partial charge in [0.2, 0.25) is 5.82 Å². The van der Waals surface area contributed by atoms with Crippen LogP contribution in [0.1, 0.15) is 11.5 Å². The van der Waals surface area contributed by atoms with Gasteiger partial charge >= 0.3 is 12.4 Å². The van der Waals surface area contributed by atoms with E-state index in [1.807, 2.05) is 0 Å². The molecule has 0 saturated carbocycles. The maximum absolute atomic E-state index is 12.7. The molecule has 0 unspecified atom stereocenters. The average Bonchev–Trinajstić information content (AvgIpc) is 2.60. The number of rotatable bonds is 1. The molecular formula is C10H7F6N3O. The topological polar surface area (TPSA) is 50.7 Å². The Hall–Kier alpha value is -2.00. The predicted molar refractivity (Wildman–Crippen MR) is 56.1 cm³/mol. The molecule has 1 N–H and O–H groups in total. The summed E-state index contributed by atoms with van der Waals surface area (Å²) in [5.41, 5.74) is -1.45. The van der Waals surface area contributed by atoms with Gasteiger partial charge in [0.1, 0.15) is 12.2 Å². The van der Waals surface area contributed by atoms with Gasteiger partial charge in [-0.2, -0.15) is 26.3 Å². The normalized spacial score (nSPS) is 13.2. The monoisotopic (exact) mass is 299 g/mol. The molecule has 0 bridgehead atoms. The van der Waals surface area contributed by atoms with Gasteiger partial charge in [0.25, 0.3) is 5.56 Å². The largest absolute Gasteiger partial charge is 0.449 e. The van der Waals surface area contributed by atoms with E-state index in [1.165, 1.54) is 6.92 Å². The van der Waals surface area contributed by atoms with Crippen molar-refractivity contribution in [2.75, 3.05) is 0 Å². The molecule has 0 atom stereocenters. The van der Waals surface area contributed by atoms with E-state index < -0.39 is 40.5 Å². The fourth-order valence-electron chi connectivity index (χ4n) is 1.78. The van der Waals surface area contributed by atoms with Crippen LogP contribution in [0.4, 0.5) is 26.3 Å². The number of aromatic nitrogens is 3. The molecule has 2 rings (SSSR count). The quantitative estimate of drug-likeness (QED) is 0.823. The van der Waals surface area contributed by atoms with Crippen molar-refractivity contribution in [1.82, 2.24) is 14.5 Å². The minimum absolute atomic E-state index is 0.320. The van der Waals surface area contributed by atoms with Crippen LogP contribution >= 0.6 is 0 Å². The molecular weight excluding hydrogens is 292 g/mol. The summed E-state index contributed by atoms with van der Waals surface area (Å²) < 4.78 is 74.8. The standard InChI is InChI=1S/C10H7F6N3O/c1-4-2-5-6(17-4)18-8(10(14,15)16)19(7(5)20)3-9(11,12)13/h2,17H,3H2,1H3.